The number of nitriles is 1. The number of anilines is 1. The summed E-state index contributed by atoms with van der Waals surface area (Å²) in [7, 11) is 0. The fourth-order valence-corrected chi connectivity index (χ4v) is 2.83. The van der Waals surface area contributed by atoms with Crippen LogP contribution in [0.3, 0.4) is 0 Å². The van der Waals surface area contributed by atoms with Gasteiger partial charge < -0.3 is 4.90 Å². The van der Waals surface area contributed by atoms with Crippen LogP contribution >= 0.6 is 0 Å². The van der Waals surface area contributed by atoms with E-state index in [1.54, 1.807) is 0 Å². The Morgan fingerprint density at radius 1 is 1.21 bits per heavy atom. The third-order valence-corrected chi connectivity index (χ3v) is 4.20. The molecule has 1 aromatic rings. The average molecular weight is 255 g/mol. The molecule has 0 unspecified atom stereocenters. The molecule has 3 nitrogen and oxygen atoms in total. The van der Waals surface area contributed by atoms with Gasteiger partial charge in [0, 0.05) is 32.7 Å². The lowest BCUT2D eigenvalue weighted by atomic mass is 10.1. The molecule has 2 aliphatic rings. The zero-order chi connectivity index (χ0) is 13.2. The van der Waals surface area contributed by atoms with Crippen LogP contribution in [-0.2, 0) is 0 Å². The first-order valence-corrected chi connectivity index (χ1v) is 7.24. The van der Waals surface area contributed by atoms with Crippen LogP contribution in [0.25, 0.3) is 0 Å². The topological polar surface area (TPSA) is 30.3 Å². The van der Waals surface area contributed by atoms with E-state index in [1.807, 2.05) is 12.1 Å². The van der Waals surface area contributed by atoms with Crippen LogP contribution in [0.4, 0.5) is 5.69 Å². The monoisotopic (exact) mass is 255 g/mol. The fourth-order valence-electron chi connectivity index (χ4n) is 2.83. The fraction of sp³-hybridized carbons (Fsp3) is 0.562. The van der Waals surface area contributed by atoms with Crippen molar-refractivity contribution in [3.8, 4) is 6.07 Å². The maximum Gasteiger partial charge on any atom is 0.101 e. The maximum absolute atomic E-state index is 9.23. The van der Waals surface area contributed by atoms with Crippen molar-refractivity contribution in [2.75, 3.05) is 37.6 Å². The summed E-state index contributed by atoms with van der Waals surface area (Å²) in [6.45, 7) is 7.74. The lowest BCUT2D eigenvalue weighted by Gasteiger charge is -2.36. The molecule has 0 atom stereocenters. The van der Waals surface area contributed by atoms with Gasteiger partial charge in [0.1, 0.15) is 6.07 Å². The average Bonchev–Trinajstić information content (AvgIpc) is 3.23. The molecule has 2 fully saturated rings. The number of rotatable bonds is 3. The molecular formula is C16H21N3. The Morgan fingerprint density at radius 3 is 2.58 bits per heavy atom. The number of aryl methyl sites for hydroxylation is 1. The Hall–Kier alpha value is -1.53. The molecule has 1 saturated heterocycles. The summed E-state index contributed by atoms with van der Waals surface area (Å²) < 4.78 is 0. The second-order valence-electron chi connectivity index (χ2n) is 5.86. The zero-order valence-corrected chi connectivity index (χ0v) is 11.6. The number of nitrogens with zero attached hydrogens (tertiary/aromatic N) is 3. The van der Waals surface area contributed by atoms with Gasteiger partial charge in [-0.15, -0.1) is 0 Å². The van der Waals surface area contributed by atoms with Crippen molar-refractivity contribution in [2.45, 2.75) is 19.8 Å². The van der Waals surface area contributed by atoms with E-state index >= 15 is 0 Å². The Balaban J connectivity index is 1.67. The van der Waals surface area contributed by atoms with Gasteiger partial charge in [0.25, 0.3) is 0 Å². The number of benzene rings is 1. The molecule has 0 aromatic heterocycles. The third kappa shape index (κ3) is 2.90. The number of hydrogen-bond donors (Lipinski definition) is 0. The molecule has 3 heteroatoms. The van der Waals surface area contributed by atoms with Crippen LogP contribution in [0.15, 0.2) is 18.2 Å². The van der Waals surface area contributed by atoms with E-state index < -0.39 is 0 Å². The quantitative estimate of drug-likeness (QED) is 0.831. The molecule has 1 aromatic carbocycles. The zero-order valence-electron chi connectivity index (χ0n) is 11.6. The van der Waals surface area contributed by atoms with Gasteiger partial charge >= 0.3 is 0 Å². The molecule has 1 saturated carbocycles. The minimum absolute atomic E-state index is 0.807. The summed E-state index contributed by atoms with van der Waals surface area (Å²) in [6, 6.07) is 8.43. The lowest BCUT2D eigenvalue weighted by Crippen LogP contribution is -2.47. The van der Waals surface area contributed by atoms with E-state index in [-0.39, 0.29) is 0 Å². The minimum Gasteiger partial charge on any atom is -0.368 e. The van der Waals surface area contributed by atoms with Gasteiger partial charge in [-0.2, -0.15) is 5.26 Å². The van der Waals surface area contributed by atoms with Crippen LogP contribution in [0.2, 0.25) is 0 Å². The minimum atomic E-state index is 0.807. The molecule has 3 rings (SSSR count). The van der Waals surface area contributed by atoms with Crippen molar-refractivity contribution in [2.24, 2.45) is 5.92 Å². The normalized spacial score (nSPS) is 20.3. The molecular weight excluding hydrogens is 234 g/mol. The summed E-state index contributed by atoms with van der Waals surface area (Å²) in [6.07, 6.45) is 2.85. The van der Waals surface area contributed by atoms with E-state index in [9.17, 15) is 5.26 Å². The molecule has 0 spiro atoms. The number of hydrogen-bond acceptors (Lipinski definition) is 3. The first-order valence-electron chi connectivity index (χ1n) is 7.24. The van der Waals surface area contributed by atoms with Gasteiger partial charge in [0.05, 0.1) is 11.3 Å². The molecule has 0 radical (unpaired) electrons. The van der Waals surface area contributed by atoms with Gasteiger partial charge in [0.2, 0.25) is 0 Å². The van der Waals surface area contributed by atoms with Crippen LogP contribution in [-0.4, -0.2) is 37.6 Å². The standard InChI is InChI=1S/C16H21N3/c1-13-2-5-15(11-17)16(10-13)19-8-6-18(7-9-19)12-14-3-4-14/h2,5,10,14H,3-4,6-9,12H2,1H3. The first kappa shape index (κ1) is 12.5. The van der Waals surface area contributed by atoms with Crippen molar-refractivity contribution in [3.63, 3.8) is 0 Å². The van der Waals surface area contributed by atoms with Crippen LogP contribution in [0.1, 0.15) is 24.0 Å². The molecule has 0 amide bonds. The van der Waals surface area contributed by atoms with Crippen molar-refractivity contribution in [1.82, 2.24) is 4.90 Å². The molecule has 0 N–H and O–H groups in total. The van der Waals surface area contributed by atoms with E-state index in [0.29, 0.717) is 0 Å². The predicted octanol–water partition coefficient (Wildman–Crippen LogP) is 2.40. The van der Waals surface area contributed by atoms with Crippen molar-refractivity contribution >= 4 is 5.69 Å². The van der Waals surface area contributed by atoms with Gasteiger partial charge in [0.15, 0.2) is 0 Å². The molecule has 19 heavy (non-hydrogen) atoms. The summed E-state index contributed by atoms with van der Waals surface area (Å²) in [5.74, 6) is 0.972. The van der Waals surface area contributed by atoms with Crippen LogP contribution in [0, 0.1) is 24.2 Å². The summed E-state index contributed by atoms with van der Waals surface area (Å²) in [5.41, 5.74) is 3.16. The van der Waals surface area contributed by atoms with E-state index in [2.05, 4.69) is 28.9 Å². The highest BCUT2D eigenvalue weighted by atomic mass is 15.3. The van der Waals surface area contributed by atoms with Crippen molar-refractivity contribution in [1.29, 1.82) is 5.26 Å². The Labute approximate surface area is 115 Å². The summed E-state index contributed by atoms with van der Waals surface area (Å²) in [4.78, 5) is 4.95. The highest BCUT2D eigenvalue weighted by molar-refractivity contribution is 5.61. The second-order valence-corrected chi connectivity index (χ2v) is 5.86. The highest BCUT2D eigenvalue weighted by Crippen LogP contribution is 2.30. The molecule has 1 heterocycles. The summed E-state index contributed by atoms with van der Waals surface area (Å²) in [5, 5.41) is 9.23. The Kier molecular flexibility index (Phi) is 3.44. The van der Waals surface area contributed by atoms with E-state index in [4.69, 9.17) is 0 Å². The van der Waals surface area contributed by atoms with Crippen LogP contribution < -0.4 is 4.90 Å². The lowest BCUT2D eigenvalue weighted by molar-refractivity contribution is 0.248. The summed E-state index contributed by atoms with van der Waals surface area (Å²) >= 11 is 0. The highest BCUT2D eigenvalue weighted by Gasteiger charge is 2.26. The molecule has 1 aliphatic carbocycles. The maximum atomic E-state index is 9.23. The van der Waals surface area contributed by atoms with E-state index in [1.165, 1.54) is 24.9 Å². The Bertz CT molecular complexity index is 491. The second kappa shape index (κ2) is 5.22. The molecule has 1 aliphatic heterocycles. The first-order chi connectivity index (χ1) is 9.26. The van der Waals surface area contributed by atoms with Gasteiger partial charge in [-0.3, -0.25) is 4.90 Å². The predicted molar refractivity (Wildman–Crippen MR) is 77.3 cm³/mol. The van der Waals surface area contributed by atoms with Gasteiger partial charge in [-0.25, -0.2) is 0 Å². The van der Waals surface area contributed by atoms with Crippen molar-refractivity contribution in [3.05, 3.63) is 29.3 Å². The van der Waals surface area contributed by atoms with Crippen molar-refractivity contribution < 1.29 is 0 Å². The number of piperazine rings is 1. The van der Waals surface area contributed by atoms with Gasteiger partial charge in [-0.1, -0.05) is 6.07 Å². The Morgan fingerprint density at radius 2 is 1.95 bits per heavy atom. The molecule has 100 valence electrons. The third-order valence-electron chi connectivity index (χ3n) is 4.20. The van der Waals surface area contributed by atoms with Gasteiger partial charge in [-0.05, 0) is 43.4 Å². The smallest absolute Gasteiger partial charge is 0.101 e. The van der Waals surface area contributed by atoms with E-state index in [0.717, 1.165) is 43.3 Å². The van der Waals surface area contributed by atoms with Crippen LogP contribution in [0.5, 0.6) is 0 Å². The molecule has 0 bridgehead atoms. The largest absolute Gasteiger partial charge is 0.368 e. The SMILES string of the molecule is Cc1ccc(C#N)c(N2CCN(CC3CC3)CC2)c1.